The van der Waals surface area contributed by atoms with Crippen molar-refractivity contribution in [1.82, 2.24) is 0 Å². The summed E-state index contributed by atoms with van der Waals surface area (Å²) in [5.41, 5.74) is 1.45. The molecule has 19 heavy (non-hydrogen) atoms. The number of rotatable bonds is 5. The quantitative estimate of drug-likeness (QED) is 0.899. The first kappa shape index (κ1) is 14.4. The lowest BCUT2D eigenvalue weighted by atomic mass is 9.83. The Labute approximate surface area is 116 Å². The molecule has 0 radical (unpaired) electrons. The Kier molecular flexibility index (Phi) is 4.19. The zero-order valence-corrected chi connectivity index (χ0v) is 12.6. The number of benzene rings is 1. The van der Waals surface area contributed by atoms with Crippen LogP contribution in [0.1, 0.15) is 39.0 Å². The standard InChI is InChI=1S/C15H23NO2S/c1-3-15(10-4-5-11-15)12-16-13-6-8-14(9-7-13)19(2,17)18/h6-9,16H,3-5,10-12H2,1-2H3. The van der Waals surface area contributed by atoms with Gasteiger partial charge in [0, 0.05) is 18.5 Å². The van der Waals surface area contributed by atoms with Crippen molar-refractivity contribution in [2.24, 2.45) is 5.41 Å². The van der Waals surface area contributed by atoms with E-state index in [2.05, 4.69) is 12.2 Å². The molecule has 1 saturated carbocycles. The van der Waals surface area contributed by atoms with Crippen LogP contribution in [0.15, 0.2) is 29.2 Å². The molecule has 0 saturated heterocycles. The van der Waals surface area contributed by atoms with Gasteiger partial charge >= 0.3 is 0 Å². The largest absolute Gasteiger partial charge is 0.384 e. The van der Waals surface area contributed by atoms with E-state index in [4.69, 9.17) is 0 Å². The van der Waals surface area contributed by atoms with Crippen molar-refractivity contribution < 1.29 is 8.42 Å². The summed E-state index contributed by atoms with van der Waals surface area (Å²) >= 11 is 0. The molecule has 2 rings (SSSR count). The molecule has 1 fully saturated rings. The maximum absolute atomic E-state index is 11.4. The highest BCUT2D eigenvalue weighted by atomic mass is 32.2. The summed E-state index contributed by atoms with van der Waals surface area (Å²) in [7, 11) is -3.09. The molecule has 1 N–H and O–H groups in total. The first-order chi connectivity index (χ1) is 8.95. The topological polar surface area (TPSA) is 46.2 Å². The van der Waals surface area contributed by atoms with Crippen LogP contribution in [0.25, 0.3) is 0 Å². The Morgan fingerprint density at radius 2 is 1.74 bits per heavy atom. The van der Waals surface area contributed by atoms with Gasteiger partial charge in [-0.05, 0) is 48.9 Å². The Balaban J connectivity index is 2.00. The van der Waals surface area contributed by atoms with Crippen LogP contribution >= 0.6 is 0 Å². The van der Waals surface area contributed by atoms with Crippen molar-refractivity contribution in [3.05, 3.63) is 24.3 Å². The molecule has 0 spiro atoms. The lowest BCUT2D eigenvalue weighted by Gasteiger charge is -2.28. The number of hydrogen-bond acceptors (Lipinski definition) is 3. The molecule has 0 heterocycles. The van der Waals surface area contributed by atoms with Crippen LogP contribution in [0.2, 0.25) is 0 Å². The number of sulfone groups is 1. The maximum atomic E-state index is 11.4. The van der Waals surface area contributed by atoms with Gasteiger partial charge in [0.1, 0.15) is 0 Å². The summed E-state index contributed by atoms with van der Waals surface area (Å²) in [5, 5.41) is 3.46. The minimum atomic E-state index is -3.09. The lowest BCUT2D eigenvalue weighted by Crippen LogP contribution is -2.25. The fourth-order valence-electron chi connectivity index (χ4n) is 2.89. The Hall–Kier alpha value is -1.03. The van der Waals surface area contributed by atoms with Gasteiger partial charge in [0.25, 0.3) is 0 Å². The SMILES string of the molecule is CCC1(CNc2ccc(S(C)(=O)=O)cc2)CCCC1. The van der Waals surface area contributed by atoms with Crippen molar-refractivity contribution in [2.75, 3.05) is 18.1 Å². The van der Waals surface area contributed by atoms with Crippen LogP contribution in [0.3, 0.4) is 0 Å². The van der Waals surface area contributed by atoms with E-state index in [-0.39, 0.29) is 0 Å². The molecule has 4 heteroatoms. The molecular weight excluding hydrogens is 258 g/mol. The van der Waals surface area contributed by atoms with Gasteiger partial charge in [0.15, 0.2) is 9.84 Å². The number of anilines is 1. The Morgan fingerprint density at radius 3 is 2.21 bits per heavy atom. The minimum absolute atomic E-state index is 0.379. The lowest BCUT2D eigenvalue weighted by molar-refractivity contribution is 0.307. The van der Waals surface area contributed by atoms with E-state index < -0.39 is 9.84 Å². The zero-order valence-electron chi connectivity index (χ0n) is 11.8. The molecule has 1 aliphatic rings. The fraction of sp³-hybridized carbons (Fsp3) is 0.600. The van der Waals surface area contributed by atoms with Gasteiger partial charge in [-0.15, -0.1) is 0 Å². The van der Waals surface area contributed by atoms with Gasteiger partial charge in [-0.3, -0.25) is 0 Å². The van der Waals surface area contributed by atoms with Gasteiger partial charge in [0.05, 0.1) is 4.90 Å². The summed E-state index contributed by atoms with van der Waals surface area (Å²) in [4.78, 5) is 0.379. The van der Waals surface area contributed by atoms with E-state index in [9.17, 15) is 8.42 Å². The molecule has 3 nitrogen and oxygen atoms in total. The van der Waals surface area contributed by atoms with E-state index in [0.717, 1.165) is 12.2 Å². The average Bonchev–Trinajstić information content (AvgIpc) is 2.85. The Morgan fingerprint density at radius 1 is 1.16 bits per heavy atom. The molecule has 0 unspecified atom stereocenters. The van der Waals surface area contributed by atoms with Crippen LogP contribution in [0, 0.1) is 5.41 Å². The molecule has 1 aromatic rings. The van der Waals surface area contributed by atoms with Gasteiger partial charge in [-0.2, -0.15) is 0 Å². The third-order valence-corrected chi connectivity index (χ3v) is 5.49. The minimum Gasteiger partial charge on any atom is -0.384 e. The third-order valence-electron chi connectivity index (χ3n) is 4.36. The second-order valence-corrected chi connectivity index (χ2v) is 7.73. The van der Waals surface area contributed by atoms with Crippen molar-refractivity contribution in [3.63, 3.8) is 0 Å². The van der Waals surface area contributed by atoms with Crippen LogP contribution in [0.4, 0.5) is 5.69 Å². The first-order valence-electron chi connectivity index (χ1n) is 6.99. The van der Waals surface area contributed by atoms with E-state index in [1.807, 2.05) is 12.1 Å². The molecule has 0 atom stereocenters. The second kappa shape index (κ2) is 5.53. The van der Waals surface area contributed by atoms with Gasteiger partial charge < -0.3 is 5.32 Å². The molecule has 1 aromatic carbocycles. The van der Waals surface area contributed by atoms with Crippen molar-refractivity contribution in [1.29, 1.82) is 0 Å². The van der Waals surface area contributed by atoms with Gasteiger partial charge in [-0.25, -0.2) is 8.42 Å². The van der Waals surface area contributed by atoms with Crippen molar-refractivity contribution in [2.45, 2.75) is 43.9 Å². The highest BCUT2D eigenvalue weighted by Gasteiger charge is 2.31. The maximum Gasteiger partial charge on any atom is 0.175 e. The molecular formula is C15H23NO2S. The summed E-state index contributed by atoms with van der Waals surface area (Å²) < 4.78 is 22.8. The van der Waals surface area contributed by atoms with Gasteiger partial charge in [-0.1, -0.05) is 19.8 Å². The number of nitrogens with one attached hydrogen (secondary N) is 1. The molecule has 0 aliphatic heterocycles. The monoisotopic (exact) mass is 281 g/mol. The average molecular weight is 281 g/mol. The smallest absolute Gasteiger partial charge is 0.175 e. The van der Waals surface area contributed by atoms with E-state index in [1.54, 1.807) is 12.1 Å². The second-order valence-electron chi connectivity index (χ2n) is 5.71. The predicted octanol–water partition coefficient (Wildman–Crippen LogP) is 3.47. The van der Waals surface area contributed by atoms with E-state index in [0.29, 0.717) is 10.3 Å². The van der Waals surface area contributed by atoms with Crippen LogP contribution in [0.5, 0.6) is 0 Å². The molecule has 1 aliphatic carbocycles. The molecule has 0 bridgehead atoms. The molecule has 0 amide bonds. The fourth-order valence-corrected chi connectivity index (χ4v) is 3.52. The first-order valence-corrected chi connectivity index (χ1v) is 8.88. The summed E-state index contributed by atoms with van der Waals surface area (Å²) in [6, 6.07) is 7.05. The highest BCUT2D eigenvalue weighted by Crippen LogP contribution is 2.40. The molecule has 0 aromatic heterocycles. The zero-order chi connectivity index (χ0) is 13.9. The van der Waals surface area contributed by atoms with Gasteiger partial charge in [0.2, 0.25) is 0 Å². The van der Waals surface area contributed by atoms with Crippen LogP contribution in [-0.2, 0) is 9.84 Å². The third kappa shape index (κ3) is 3.50. The normalized spacial score (nSPS) is 18.4. The highest BCUT2D eigenvalue weighted by molar-refractivity contribution is 7.90. The number of hydrogen-bond donors (Lipinski definition) is 1. The predicted molar refractivity (Wildman–Crippen MR) is 79.2 cm³/mol. The van der Waals surface area contributed by atoms with Crippen molar-refractivity contribution in [3.8, 4) is 0 Å². The van der Waals surface area contributed by atoms with Crippen molar-refractivity contribution >= 4 is 15.5 Å². The van der Waals surface area contributed by atoms with E-state index >= 15 is 0 Å². The van der Waals surface area contributed by atoms with Crippen LogP contribution in [-0.4, -0.2) is 21.2 Å². The Bertz CT molecular complexity index is 514. The van der Waals surface area contributed by atoms with Crippen LogP contribution < -0.4 is 5.32 Å². The summed E-state index contributed by atoms with van der Waals surface area (Å²) in [6.45, 7) is 3.25. The summed E-state index contributed by atoms with van der Waals surface area (Å²) in [6.07, 6.45) is 7.72. The molecule has 106 valence electrons. The van der Waals surface area contributed by atoms with E-state index in [1.165, 1.54) is 38.4 Å². The summed E-state index contributed by atoms with van der Waals surface area (Å²) in [5.74, 6) is 0.